The van der Waals surface area contributed by atoms with Crippen molar-refractivity contribution in [3.63, 3.8) is 0 Å². The highest BCUT2D eigenvalue weighted by Gasteiger charge is 2.65. The fourth-order valence-corrected chi connectivity index (χ4v) is 2.93. The molecule has 0 aromatic rings. The highest BCUT2D eigenvalue weighted by Crippen LogP contribution is 2.43. The summed E-state index contributed by atoms with van der Waals surface area (Å²) in [5.41, 5.74) is -1.17. The molecular formula is C14H24N2O3. The molecule has 0 aliphatic carbocycles. The number of fused-ring (bicyclic) bond motifs is 1. The number of esters is 1. The maximum atomic E-state index is 12.3. The minimum Gasteiger partial charge on any atom is -0.439 e. The number of carbonyl (C=O) groups is 2. The molecule has 19 heavy (non-hydrogen) atoms. The van der Waals surface area contributed by atoms with Crippen molar-refractivity contribution in [2.24, 2.45) is 11.3 Å². The van der Waals surface area contributed by atoms with Crippen LogP contribution in [0.15, 0.2) is 0 Å². The molecule has 2 rings (SSSR count). The van der Waals surface area contributed by atoms with E-state index in [4.69, 9.17) is 4.74 Å². The van der Waals surface area contributed by atoms with Gasteiger partial charge >= 0.3 is 12.0 Å². The molecule has 108 valence electrons. The Morgan fingerprint density at radius 2 is 1.95 bits per heavy atom. The molecule has 5 nitrogen and oxygen atoms in total. The van der Waals surface area contributed by atoms with Crippen LogP contribution in [0.4, 0.5) is 4.79 Å². The van der Waals surface area contributed by atoms with Gasteiger partial charge in [0.2, 0.25) is 0 Å². The van der Waals surface area contributed by atoms with Gasteiger partial charge in [0.15, 0.2) is 11.8 Å². The minimum atomic E-state index is -0.876. The summed E-state index contributed by atoms with van der Waals surface area (Å²) in [4.78, 5) is 26.2. The van der Waals surface area contributed by atoms with E-state index < -0.39 is 11.8 Å². The maximum Gasteiger partial charge on any atom is 0.336 e. The minimum absolute atomic E-state index is 0.181. The number of cyclic esters (lactones) is 1. The Balaban J connectivity index is 2.37. The van der Waals surface area contributed by atoms with E-state index in [1.54, 1.807) is 4.90 Å². The van der Waals surface area contributed by atoms with E-state index in [1.807, 2.05) is 27.7 Å². The Hall–Kier alpha value is -1.26. The molecular weight excluding hydrogens is 244 g/mol. The van der Waals surface area contributed by atoms with Crippen LogP contribution in [0.3, 0.4) is 0 Å². The zero-order valence-corrected chi connectivity index (χ0v) is 12.6. The van der Waals surface area contributed by atoms with Crippen molar-refractivity contribution >= 4 is 12.0 Å². The van der Waals surface area contributed by atoms with Gasteiger partial charge in [0.05, 0.1) is 6.04 Å². The Labute approximate surface area is 114 Å². The van der Waals surface area contributed by atoms with Crippen molar-refractivity contribution in [2.75, 3.05) is 0 Å². The molecule has 0 saturated carbocycles. The number of nitrogens with zero attached hydrogens (tertiary/aromatic N) is 1. The van der Waals surface area contributed by atoms with E-state index in [0.29, 0.717) is 5.92 Å². The summed E-state index contributed by atoms with van der Waals surface area (Å²) >= 11 is 0. The van der Waals surface area contributed by atoms with E-state index in [2.05, 4.69) is 19.2 Å². The third kappa shape index (κ3) is 1.99. The van der Waals surface area contributed by atoms with E-state index in [-0.39, 0.29) is 23.5 Å². The van der Waals surface area contributed by atoms with E-state index >= 15 is 0 Å². The van der Waals surface area contributed by atoms with Crippen molar-refractivity contribution in [3.8, 4) is 0 Å². The Morgan fingerprint density at radius 1 is 1.37 bits per heavy atom. The van der Waals surface area contributed by atoms with Gasteiger partial charge in [-0.3, -0.25) is 4.90 Å². The average molecular weight is 268 g/mol. The third-order valence-corrected chi connectivity index (χ3v) is 4.01. The lowest BCUT2D eigenvalue weighted by Gasteiger charge is -2.34. The molecule has 2 aliphatic heterocycles. The monoisotopic (exact) mass is 268 g/mol. The van der Waals surface area contributed by atoms with Crippen LogP contribution in [0.1, 0.15) is 48.0 Å². The van der Waals surface area contributed by atoms with Gasteiger partial charge in [-0.2, -0.15) is 0 Å². The highest BCUT2D eigenvalue weighted by molar-refractivity contribution is 5.94. The summed E-state index contributed by atoms with van der Waals surface area (Å²) in [6, 6.07) is -0.376. The highest BCUT2D eigenvalue weighted by atomic mass is 16.6. The second-order valence-electron chi connectivity index (χ2n) is 7.27. The molecule has 0 bridgehead atoms. The topological polar surface area (TPSA) is 58.6 Å². The Kier molecular flexibility index (Phi) is 3.07. The van der Waals surface area contributed by atoms with Crippen LogP contribution in [0.2, 0.25) is 0 Å². The van der Waals surface area contributed by atoms with Gasteiger partial charge in [-0.15, -0.1) is 0 Å². The SMILES string of the molecule is CC(C)C[C@H]1NC(=O)N2[C@H](C(C)(C)C)OC(=O)[C@@]12C. The first-order valence-electron chi connectivity index (χ1n) is 6.89. The molecule has 0 radical (unpaired) electrons. The quantitative estimate of drug-likeness (QED) is 0.780. The summed E-state index contributed by atoms with van der Waals surface area (Å²) in [7, 11) is 0. The molecule has 1 N–H and O–H groups in total. The third-order valence-electron chi connectivity index (χ3n) is 4.01. The molecule has 0 aromatic carbocycles. The molecule has 0 aromatic heterocycles. The lowest BCUT2D eigenvalue weighted by Crippen LogP contribution is -2.53. The summed E-state index contributed by atoms with van der Waals surface area (Å²) in [6.45, 7) is 11.9. The summed E-state index contributed by atoms with van der Waals surface area (Å²) < 4.78 is 5.50. The van der Waals surface area contributed by atoms with Gasteiger partial charge in [0.1, 0.15) is 0 Å². The lowest BCUT2D eigenvalue weighted by molar-refractivity contribution is -0.149. The van der Waals surface area contributed by atoms with E-state index in [0.717, 1.165) is 6.42 Å². The smallest absolute Gasteiger partial charge is 0.336 e. The normalized spacial score (nSPS) is 34.6. The fourth-order valence-electron chi connectivity index (χ4n) is 2.93. The number of hydrogen-bond donors (Lipinski definition) is 1. The van der Waals surface area contributed by atoms with Gasteiger partial charge in [0.25, 0.3) is 0 Å². The van der Waals surface area contributed by atoms with Gasteiger partial charge in [0, 0.05) is 5.41 Å². The molecule has 2 saturated heterocycles. The number of nitrogens with one attached hydrogen (secondary N) is 1. The molecule has 0 spiro atoms. The van der Waals surface area contributed by atoms with Crippen LogP contribution in [0, 0.1) is 11.3 Å². The van der Waals surface area contributed by atoms with Crippen LogP contribution in [0.25, 0.3) is 0 Å². The van der Waals surface area contributed by atoms with E-state index in [1.165, 1.54) is 0 Å². The van der Waals surface area contributed by atoms with Gasteiger partial charge in [-0.25, -0.2) is 9.59 Å². The first-order valence-corrected chi connectivity index (χ1v) is 6.89. The number of rotatable bonds is 2. The zero-order valence-electron chi connectivity index (χ0n) is 12.6. The first-order chi connectivity index (χ1) is 8.58. The average Bonchev–Trinajstić information content (AvgIpc) is 2.62. The summed E-state index contributed by atoms with van der Waals surface area (Å²) in [6.07, 6.45) is 0.271. The van der Waals surface area contributed by atoms with Gasteiger partial charge in [-0.05, 0) is 19.3 Å². The maximum absolute atomic E-state index is 12.3. The van der Waals surface area contributed by atoms with Crippen LogP contribution in [-0.4, -0.2) is 34.7 Å². The summed E-state index contributed by atoms with van der Waals surface area (Å²) in [5, 5.41) is 2.95. The molecule has 2 heterocycles. The van der Waals surface area contributed by atoms with Gasteiger partial charge in [-0.1, -0.05) is 34.6 Å². The Bertz CT molecular complexity index is 413. The zero-order chi connectivity index (χ0) is 14.6. The van der Waals surface area contributed by atoms with Crippen LogP contribution in [-0.2, 0) is 9.53 Å². The number of hydrogen-bond acceptors (Lipinski definition) is 3. The molecule has 5 heteroatoms. The molecule has 2 fully saturated rings. The molecule has 0 unspecified atom stereocenters. The van der Waals surface area contributed by atoms with Crippen molar-refractivity contribution < 1.29 is 14.3 Å². The largest absolute Gasteiger partial charge is 0.439 e. The predicted molar refractivity (Wildman–Crippen MR) is 71.4 cm³/mol. The fraction of sp³-hybridized carbons (Fsp3) is 0.857. The first kappa shape index (κ1) is 14.2. The summed E-state index contributed by atoms with van der Waals surface area (Å²) in [5.74, 6) is 0.111. The van der Waals surface area contributed by atoms with Crippen molar-refractivity contribution in [1.82, 2.24) is 10.2 Å². The molecule has 3 atom stereocenters. The standard InChI is InChI=1S/C14H24N2O3/c1-8(2)7-9-14(6)11(17)19-10(13(3,4)5)16(14)12(18)15-9/h8-10H,7H2,1-6H3,(H,15,18)/t9-,10+,14-/m1/s1. The predicted octanol–water partition coefficient (Wildman–Crippen LogP) is 2.11. The van der Waals surface area contributed by atoms with Crippen molar-refractivity contribution in [2.45, 2.75) is 65.8 Å². The van der Waals surface area contributed by atoms with E-state index in [9.17, 15) is 9.59 Å². The Morgan fingerprint density at radius 3 is 2.42 bits per heavy atom. The second-order valence-corrected chi connectivity index (χ2v) is 7.27. The van der Waals surface area contributed by atoms with Crippen LogP contribution >= 0.6 is 0 Å². The molecule has 2 aliphatic rings. The number of amides is 2. The van der Waals surface area contributed by atoms with Crippen molar-refractivity contribution in [1.29, 1.82) is 0 Å². The van der Waals surface area contributed by atoms with Crippen LogP contribution < -0.4 is 5.32 Å². The van der Waals surface area contributed by atoms with Crippen molar-refractivity contribution in [3.05, 3.63) is 0 Å². The second kappa shape index (κ2) is 4.12. The lowest BCUT2D eigenvalue weighted by atomic mass is 9.86. The van der Waals surface area contributed by atoms with Gasteiger partial charge < -0.3 is 10.1 Å². The molecule has 2 amide bonds. The number of urea groups is 1. The number of carbonyl (C=O) groups excluding carboxylic acids is 2. The van der Waals surface area contributed by atoms with Crippen LogP contribution in [0.5, 0.6) is 0 Å². The number of ether oxygens (including phenoxy) is 1.